The number of carbonyl (C=O) groups is 1. The number of nitrogens with one attached hydrogen (secondary N) is 1. The number of benzene rings is 1. The summed E-state index contributed by atoms with van der Waals surface area (Å²) in [6.07, 6.45) is 0. The predicted octanol–water partition coefficient (Wildman–Crippen LogP) is 0.949. The molecule has 1 aromatic carbocycles. The molecule has 2 aromatic rings. The quantitative estimate of drug-likeness (QED) is 0.405. The molecule has 0 saturated heterocycles. The van der Waals surface area contributed by atoms with E-state index in [1.165, 1.54) is 5.69 Å². The number of thiazole rings is 1. The Labute approximate surface area is 162 Å². The van der Waals surface area contributed by atoms with Crippen molar-refractivity contribution in [2.45, 2.75) is 26.7 Å². The minimum absolute atomic E-state index is 0. The van der Waals surface area contributed by atoms with Crippen molar-refractivity contribution in [1.82, 2.24) is 0 Å². The molecule has 0 aliphatic carbocycles. The summed E-state index contributed by atoms with van der Waals surface area (Å²) in [6, 6.07) is 5.60. The van der Waals surface area contributed by atoms with Gasteiger partial charge in [0.2, 0.25) is 0 Å². The average Bonchev–Trinajstić information content (AvgIpc) is 2.80. The number of aromatic nitrogens is 1. The molecule has 0 bridgehead atoms. The fourth-order valence-electron chi connectivity index (χ4n) is 1.99. The van der Waals surface area contributed by atoms with Gasteiger partial charge in [-0.05, 0) is 38.5 Å². The highest BCUT2D eigenvalue weighted by Gasteiger charge is 2.19. The maximum atomic E-state index is 11.8. The van der Waals surface area contributed by atoms with Crippen molar-refractivity contribution in [3.8, 4) is 0 Å². The van der Waals surface area contributed by atoms with E-state index < -0.39 is 0 Å². The van der Waals surface area contributed by atoms with Crippen LogP contribution in [0.15, 0.2) is 23.6 Å². The zero-order valence-corrected chi connectivity index (χ0v) is 17.3. The summed E-state index contributed by atoms with van der Waals surface area (Å²) in [6.45, 7) is 6.05. The van der Waals surface area contributed by atoms with Crippen LogP contribution in [0.1, 0.15) is 31.0 Å². The van der Waals surface area contributed by atoms with Crippen molar-refractivity contribution in [2.75, 3.05) is 11.9 Å². The number of hydrogen-bond acceptors (Lipinski definition) is 4. The van der Waals surface area contributed by atoms with E-state index in [4.69, 9.17) is 16.3 Å². The first kappa shape index (κ1) is 20.2. The molecule has 0 aliphatic rings. The van der Waals surface area contributed by atoms with Gasteiger partial charge in [-0.3, -0.25) is 4.79 Å². The Morgan fingerprint density at radius 2 is 2.17 bits per heavy atom. The number of aryl methyl sites for hydroxylation is 1. The van der Waals surface area contributed by atoms with Crippen LogP contribution in [0.5, 0.6) is 0 Å². The number of rotatable bonds is 5. The zero-order valence-electron chi connectivity index (χ0n) is 13.5. The van der Waals surface area contributed by atoms with Crippen molar-refractivity contribution in [3.05, 3.63) is 39.9 Å². The molecule has 1 N–H and O–H groups in total. The van der Waals surface area contributed by atoms with E-state index >= 15 is 0 Å². The molecule has 0 amide bonds. The molecular formula is C16H20ClIN2O2S. The van der Waals surface area contributed by atoms with E-state index in [9.17, 15) is 4.79 Å². The maximum absolute atomic E-state index is 11.8. The third-order valence-corrected chi connectivity index (χ3v) is 4.92. The van der Waals surface area contributed by atoms with E-state index in [2.05, 4.69) is 15.3 Å². The van der Waals surface area contributed by atoms with Gasteiger partial charge in [0, 0.05) is 5.38 Å². The Morgan fingerprint density at radius 1 is 1.48 bits per heavy atom. The van der Waals surface area contributed by atoms with E-state index in [0.29, 0.717) is 11.6 Å². The normalized spacial score (nSPS) is 11.5. The summed E-state index contributed by atoms with van der Waals surface area (Å²) in [5.74, 6) is -0.564. The van der Waals surface area contributed by atoms with Crippen LogP contribution in [-0.4, -0.2) is 12.6 Å². The SMILES string of the molecule is CCOC(=O)C(C)c1ccc(Nc2scc(C)[n+]2C)c(Cl)c1.[I-]. The molecule has 1 heterocycles. The molecule has 23 heavy (non-hydrogen) atoms. The van der Waals surface area contributed by atoms with E-state index in [1.807, 2.05) is 39.1 Å². The number of halogens is 2. The standard InChI is InChI=1S/C16H19ClN2O2S.HI/c1-5-21-15(20)11(3)12-6-7-14(13(17)8-12)18-16-19(4)10(2)9-22-16;/h6-9,11H,5H2,1-4H3;1H. The van der Waals surface area contributed by atoms with Gasteiger partial charge in [-0.1, -0.05) is 29.0 Å². The van der Waals surface area contributed by atoms with Crippen molar-refractivity contribution < 1.29 is 38.1 Å². The average molecular weight is 467 g/mol. The molecule has 1 unspecified atom stereocenters. The van der Waals surface area contributed by atoms with Gasteiger partial charge < -0.3 is 28.7 Å². The summed E-state index contributed by atoms with van der Waals surface area (Å²) in [4.78, 5) is 11.8. The van der Waals surface area contributed by atoms with Gasteiger partial charge in [-0.15, -0.1) is 0 Å². The Kier molecular flexibility index (Phi) is 7.76. The van der Waals surface area contributed by atoms with Crippen LogP contribution in [0.25, 0.3) is 0 Å². The van der Waals surface area contributed by atoms with Gasteiger partial charge in [-0.2, -0.15) is 0 Å². The van der Waals surface area contributed by atoms with Crippen LogP contribution in [0, 0.1) is 6.92 Å². The minimum atomic E-state index is -0.327. The van der Waals surface area contributed by atoms with Crippen LogP contribution in [0.2, 0.25) is 5.02 Å². The van der Waals surface area contributed by atoms with Crippen molar-refractivity contribution in [3.63, 3.8) is 0 Å². The Hall–Kier alpha value is -0.860. The summed E-state index contributed by atoms with van der Waals surface area (Å²) in [5.41, 5.74) is 2.84. The highest BCUT2D eigenvalue weighted by Crippen LogP contribution is 2.30. The topological polar surface area (TPSA) is 42.2 Å². The molecule has 0 saturated carbocycles. The van der Waals surface area contributed by atoms with Crippen LogP contribution >= 0.6 is 22.9 Å². The molecule has 0 aliphatic heterocycles. The molecule has 0 spiro atoms. The van der Waals surface area contributed by atoms with Gasteiger partial charge in [0.1, 0.15) is 11.4 Å². The predicted molar refractivity (Wildman–Crippen MR) is 90.0 cm³/mol. The second-order valence-electron chi connectivity index (χ2n) is 5.08. The number of hydrogen-bond donors (Lipinski definition) is 1. The van der Waals surface area contributed by atoms with Crippen molar-refractivity contribution >= 4 is 39.7 Å². The number of esters is 1. The zero-order chi connectivity index (χ0) is 16.3. The Morgan fingerprint density at radius 3 is 2.70 bits per heavy atom. The fraction of sp³-hybridized carbons (Fsp3) is 0.375. The molecule has 2 rings (SSSR count). The van der Waals surface area contributed by atoms with Gasteiger partial charge in [0.25, 0.3) is 0 Å². The lowest BCUT2D eigenvalue weighted by Crippen LogP contribution is -3.00. The first-order valence-electron chi connectivity index (χ1n) is 7.11. The van der Waals surface area contributed by atoms with Crippen LogP contribution in [-0.2, 0) is 16.6 Å². The molecule has 1 aromatic heterocycles. The highest BCUT2D eigenvalue weighted by atomic mass is 127. The first-order valence-corrected chi connectivity index (χ1v) is 8.37. The Bertz CT molecular complexity index is 691. The molecular weight excluding hydrogens is 447 g/mol. The third-order valence-electron chi connectivity index (χ3n) is 3.55. The summed E-state index contributed by atoms with van der Waals surface area (Å²) < 4.78 is 7.11. The van der Waals surface area contributed by atoms with E-state index in [1.54, 1.807) is 18.3 Å². The largest absolute Gasteiger partial charge is 1.00 e. The van der Waals surface area contributed by atoms with Gasteiger partial charge in [0.05, 0.1) is 24.6 Å². The van der Waals surface area contributed by atoms with Gasteiger partial charge >= 0.3 is 11.1 Å². The summed E-state index contributed by atoms with van der Waals surface area (Å²) in [5, 5.41) is 6.98. The number of ether oxygens (including phenoxy) is 1. The lowest BCUT2D eigenvalue weighted by atomic mass is 10.0. The van der Waals surface area contributed by atoms with Crippen molar-refractivity contribution in [2.24, 2.45) is 7.05 Å². The van der Waals surface area contributed by atoms with E-state index in [-0.39, 0.29) is 35.9 Å². The second kappa shape index (κ2) is 8.84. The highest BCUT2D eigenvalue weighted by molar-refractivity contribution is 7.13. The third kappa shape index (κ3) is 4.81. The van der Waals surface area contributed by atoms with Crippen LogP contribution < -0.4 is 33.9 Å². The number of carbonyl (C=O) groups excluding carboxylic acids is 1. The van der Waals surface area contributed by atoms with Crippen molar-refractivity contribution in [1.29, 1.82) is 0 Å². The fourth-order valence-corrected chi connectivity index (χ4v) is 3.14. The summed E-state index contributed by atoms with van der Waals surface area (Å²) in [7, 11) is 2.00. The van der Waals surface area contributed by atoms with Gasteiger partial charge in [0.15, 0.2) is 0 Å². The first-order chi connectivity index (χ1) is 10.4. The maximum Gasteiger partial charge on any atom is 0.338 e. The molecule has 1 atom stereocenters. The Balaban J connectivity index is 0.00000264. The molecule has 0 radical (unpaired) electrons. The summed E-state index contributed by atoms with van der Waals surface area (Å²) >= 11 is 7.97. The van der Waals surface area contributed by atoms with Gasteiger partial charge in [-0.25, -0.2) is 9.88 Å². The molecule has 0 fully saturated rings. The molecule has 4 nitrogen and oxygen atoms in total. The number of nitrogens with zero attached hydrogens (tertiary/aromatic N) is 1. The molecule has 7 heteroatoms. The van der Waals surface area contributed by atoms with Crippen LogP contribution in [0.3, 0.4) is 0 Å². The van der Waals surface area contributed by atoms with Crippen LogP contribution in [0.4, 0.5) is 10.8 Å². The lowest BCUT2D eigenvalue weighted by Gasteiger charge is -2.11. The van der Waals surface area contributed by atoms with E-state index in [0.717, 1.165) is 16.4 Å². The lowest BCUT2D eigenvalue weighted by molar-refractivity contribution is -0.658. The minimum Gasteiger partial charge on any atom is -1.00 e. The number of anilines is 2. The monoisotopic (exact) mass is 466 g/mol. The second-order valence-corrected chi connectivity index (χ2v) is 6.34. The molecule has 126 valence electrons. The smallest absolute Gasteiger partial charge is 0.338 e.